The summed E-state index contributed by atoms with van der Waals surface area (Å²) in [6, 6.07) is 24.8. The first kappa shape index (κ1) is 23.3. The summed E-state index contributed by atoms with van der Waals surface area (Å²) >= 11 is 5.69. The van der Waals surface area contributed by atoms with Crippen LogP contribution >= 0.6 is 12.2 Å². The summed E-state index contributed by atoms with van der Waals surface area (Å²) in [7, 11) is 0. The number of carbonyl (C=O) groups excluding carboxylic acids is 1. The molecule has 3 N–H and O–H groups in total. The summed E-state index contributed by atoms with van der Waals surface area (Å²) in [5.74, 6) is -1.21. The fraction of sp³-hybridized carbons (Fsp3) is 0.111. The number of anilines is 1. The molecule has 0 radical (unpaired) electrons. The Morgan fingerprint density at radius 3 is 2.56 bits per heavy atom. The van der Waals surface area contributed by atoms with Crippen LogP contribution in [0.4, 0.5) is 5.69 Å². The molecule has 2 aromatic carbocycles. The van der Waals surface area contributed by atoms with E-state index in [1.54, 1.807) is 24.4 Å². The number of thiocarbonyl (C=S) groups is 1. The van der Waals surface area contributed by atoms with E-state index in [0.29, 0.717) is 16.5 Å². The molecule has 1 aliphatic rings. The van der Waals surface area contributed by atoms with E-state index >= 15 is 0 Å². The van der Waals surface area contributed by atoms with Crippen molar-refractivity contribution < 1.29 is 14.7 Å². The predicted octanol–water partition coefficient (Wildman–Crippen LogP) is 4.18. The summed E-state index contributed by atoms with van der Waals surface area (Å²) < 4.78 is 1.92. The van der Waals surface area contributed by atoms with E-state index in [1.165, 1.54) is 0 Å². The lowest BCUT2D eigenvalue weighted by molar-refractivity contribution is -0.116. The molecular weight excluding hydrogens is 474 g/mol. The minimum absolute atomic E-state index is 0.0229. The van der Waals surface area contributed by atoms with E-state index in [1.807, 2.05) is 82.4 Å². The van der Waals surface area contributed by atoms with Crippen molar-refractivity contribution in [3.05, 3.63) is 114 Å². The number of carboxylic acid groups (broad SMARTS) is 1. The molecule has 9 heteroatoms. The molecule has 1 amide bonds. The van der Waals surface area contributed by atoms with E-state index in [0.717, 1.165) is 11.4 Å². The van der Waals surface area contributed by atoms with Crippen molar-refractivity contribution in [2.24, 2.45) is 0 Å². The number of carboxylic acids is 1. The molecule has 0 spiro atoms. The number of carbonyl (C=O) groups is 2. The van der Waals surface area contributed by atoms with Crippen molar-refractivity contribution in [1.29, 1.82) is 0 Å². The Kier molecular flexibility index (Phi) is 6.46. The standard InChI is InChI=1S/C27H23N5O3S/c33-23(29-19-9-2-1-3-10-19)17-32-25(24(30-27(32)36)21-12-4-5-14-28-21)22-13-7-15-31(22)20-11-6-8-18(16-20)26(34)35/h1-16,24-25H,17H2,(H,29,33)(H,30,36)(H,34,35). The van der Waals surface area contributed by atoms with Crippen LogP contribution in [0, 0.1) is 0 Å². The lowest BCUT2D eigenvalue weighted by atomic mass is 10.0. The number of nitrogens with zero attached hydrogens (tertiary/aromatic N) is 3. The minimum Gasteiger partial charge on any atom is -0.478 e. The molecule has 3 heterocycles. The average Bonchev–Trinajstić information content (AvgIpc) is 3.50. The van der Waals surface area contributed by atoms with Crippen LogP contribution in [0.1, 0.15) is 33.8 Å². The molecule has 0 aliphatic carbocycles. The average molecular weight is 498 g/mol. The smallest absolute Gasteiger partial charge is 0.335 e. The maximum Gasteiger partial charge on any atom is 0.335 e. The molecule has 36 heavy (non-hydrogen) atoms. The summed E-state index contributed by atoms with van der Waals surface area (Å²) in [6.07, 6.45) is 3.59. The van der Waals surface area contributed by atoms with Crippen molar-refractivity contribution in [3.8, 4) is 5.69 Å². The molecule has 0 bridgehead atoms. The van der Waals surface area contributed by atoms with Gasteiger partial charge < -0.3 is 25.2 Å². The zero-order valence-electron chi connectivity index (χ0n) is 19.1. The normalized spacial score (nSPS) is 17.0. The van der Waals surface area contributed by atoms with Gasteiger partial charge in [-0.05, 0) is 66.8 Å². The zero-order chi connectivity index (χ0) is 25.1. The van der Waals surface area contributed by atoms with Gasteiger partial charge in [0, 0.05) is 29.5 Å². The van der Waals surface area contributed by atoms with Gasteiger partial charge in [-0.2, -0.15) is 0 Å². The maximum absolute atomic E-state index is 13.0. The third-order valence-electron chi connectivity index (χ3n) is 6.02. The van der Waals surface area contributed by atoms with Gasteiger partial charge in [-0.1, -0.05) is 30.3 Å². The van der Waals surface area contributed by atoms with Crippen molar-refractivity contribution in [1.82, 2.24) is 19.8 Å². The number of benzene rings is 2. The van der Waals surface area contributed by atoms with Gasteiger partial charge >= 0.3 is 5.97 Å². The number of aromatic nitrogens is 2. The maximum atomic E-state index is 13.0. The van der Waals surface area contributed by atoms with Gasteiger partial charge in [-0.25, -0.2) is 4.79 Å². The van der Waals surface area contributed by atoms with Crippen LogP contribution in [-0.4, -0.2) is 43.1 Å². The first-order valence-corrected chi connectivity index (χ1v) is 11.8. The lowest BCUT2D eigenvalue weighted by Gasteiger charge is -2.28. The minimum atomic E-state index is -1.00. The Bertz CT molecular complexity index is 1410. The number of hydrogen-bond donors (Lipinski definition) is 3. The third kappa shape index (κ3) is 4.69. The molecule has 180 valence electrons. The summed E-state index contributed by atoms with van der Waals surface area (Å²) in [5, 5.41) is 16.2. The topological polar surface area (TPSA) is 99.5 Å². The fourth-order valence-electron chi connectivity index (χ4n) is 4.43. The SMILES string of the molecule is O=C(CN1C(=S)NC(c2ccccn2)C1c1cccn1-c1cccc(C(=O)O)c1)Nc1ccccc1. The third-order valence-corrected chi connectivity index (χ3v) is 6.38. The van der Waals surface area contributed by atoms with Crippen LogP contribution in [0.15, 0.2) is 97.3 Å². The molecule has 8 nitrogen and oxygen atoms in total. The van der Waals surface area contributed by atoms with Gasteiger partial charge in [0.15, 0.2) is 5.11 Å². The predicted molar refractivity (Wildman–Crippen MR) is 140 cm³/mol. The number of nitrogens with one attached hydrogen (secondary N) is 2. The summed E-state index contributed by atoms with van der Waals surface area (Å²) in [5.41, 5.74) is 3.21. The summed E-state index contributed by atoms with van der Waals surface area (Å²) in [4.78, 5) is 31.0. The van der Waals surface area contributed by atoms with E-state index in [4.69, 9.17) is 12.2 Å². The number of pyridine rings is 1. The van der Waals surface area contributed by atoms with Crippen molar-refractivity contribution >= 4 is 34.9 Å². The van der Waals surface area contributed by atoms with E-state index in [-0.39, 0.29) is 30.1 Å². The van der Waals surface area contributed by atoms with E-state index in [2.05, 4.69) is 15.6 Å². The molecule has 1 aliphatic heterocycles. The number of hydrogen-bond acceptors (Lipinski definition) is 4. The molecule has 4 aromatic rings. The molecule has 0 saturated carbocycles. The largest absolute Gasteiger partial charge is 0.478 e. The molecule has 2 unspecified atom stereocenters. The molecule has 1 saturated heterocycles. The van der Waals surface area contributed by atoms with E-state index < -0.39 is 5.97 Å². The molecule has 1 fully saturated rings. The Labute approximate surface area is 213 Å². The molecular formula is C27H23N5O3S. The highest BCUT2D eigenvalue weighted by Gasteiger charge is 2.42. The van der Waals surface area contributed by atoms with Gasteiger partial charge in [-0.3, -0.25) is 9.78 Å². The van der Waals surface area contributed by atoms with Gasteiger partial charge in [0.25, 0.3) is 0 Å². The first-order valence-electron chi connectivity index (χ1n) is 11.4. The number of aromatic carboxylic acids is 1. The second-order valence-corrected chi connectivity index (χ2v) is 8.71. The Morgan fingerprint density at radius 1 is 1.00 bits per heavy atom. The van der Waals surface area contributed by atoms with Crippen molar-refractivity contribution in [3.63, 3.8) is 0 Å². The van der Waals surface area contributed by atoms with Crippen LogP contribution in [0.2, 0.25) is 0 Å². The van der Waals surface area contributed by atoms with Crippen LogP contribution in [0.25, 0.3) is 5.69 Å². The molecule has 2 atom stereocenters. The van der Waals surface area contributed by atoms with Gasteiger partial charge in [0.2, 0.25) is 5.91 Å². The second-order valence-electron chi connectivity index (χ2n) is 8.33. The Hall–Kier alpha value is -4.50. The highest BCUT2D eigenvalue weighted by molar-refractivity contribution is 7.80. The molecule has 5 rings (SSSR count). The van der Waals surface area contributed by atoms with Gasteiger partial charge in [-0.15, -0.1) is 0 Å². The molecule has 2 aromatic heterocycles. The van der Waals surface area contributed by atoms with E-state index in [9.17, 15) is 14.7 Å². The number of para-hydroxylation sites is 1. The van der Waals surface area contributed by atoms with Gasteiger partial charge in [0.1, 0.15) is 6.54 Å². The van der Waals surface area contributed by atoms with Crippen LogP contribution < -0.4 is 10.6 Å². The Morgan fingerprint density at radius 2 is 1.81 bits per heavy atom. The quantitative estimate of drug-likeness (QED) is 0.330. The highest BCUT2D eigenvalue weighted by Crippen LogP contribution is 2.39. The Balaban J connectivity index is 1.53. The van der Waals surface area contributed by atoms with Gasteiger partial charge in [0.05, 0.1) is 23.3 Å². The number of rotatable bonds is 7. The highest BCUT2D eigenvalue weighted by atomic mass is 32.1. The number of amides is 1. The second kappa shape index (κ2) is 10.0. The fourth-order valence-corrected chi connectivity index (χ4v) is 4.74. The van der Waals surface area contributed by atoms with Crippen LogP contribution in [-0.2, 0) is 4.79 Å². The summed E-state index contributed by atoms with van der Waals surface area (Å²) in [6.45, 7) is 0.0229. The zero-order valence-corrected chi connectivity index (χ0v) is 19.9. The van der Waals surface area contributed by atoms with Crippen LogP contribution in [0.5, 0.6) is 0 Å². The van der Waals surface area contributed by atoms with Crippen molar-refractivity contribution in [2.45, 2.75) is 12.1 Å². The van der Waals surface area contributed by atoms with Crippen molar-refractivity contribution in [2.75, 3.05) is 11.9 Å². The van der Waals surface area contributed by atoms with Crippen LogP contribution in [0.3, 0.4) is 0 Å². The first-order chi connectivity index (χ1) is 17.5. The lowest BCUT2D eigenvalue weighted by Crippen LogP contribution is -2.37. The monoisotopic (exact) mass is 497 g/mol.